The Morgan fingerprint density at radius 1 is 1.25 bits per heavy atom. The van der Waals surface area contributed by atoms with Crippen LogP contribution in [0.25, 0.3) is 21.2 Å². The van der Waals surface area contributed by atoms with Crippen LogP contribution >= 0.6 is 11.3 Å². The van der Waals surface area contributed by atoms with Crippen molar-refractivity contribution in [3.05, 3.63) is 41.9 Å². The fourth-order valence-corrected chi connectivity index (χ4v) is 3.05. The zero-order chi connectivity index (χ0) is 14.1. The molecule has 20 heavy (non-hydrogen) atoms. The number of nitrogens with zero attached hydrogens (tertiary/aromatic N) is 1. The fraction of sp³-hybridized carbons (Fsp3) is 0. The Morgan fingerprint density at radius 3 is 2.70 bits per heavy atom. The van der Waals surface area contributed by atoms with Gasteiger partial charge in [-0.15, -0.1) is 11.3 Å². The minimum atomic E-state index is -1.08. The van der Waals surface area contributed by atoms with Gasteiger partial charge in [0.15, 0.2) is 0 Å². The van der Waals surface area contributed by atoms with Gasteiger partial charge in [0.2, 0.25) is 0 Å². The lowest BCUT2D eigenvalue weighted by atomic mass is 10.1. The van der Waals surface area contributed by atoms with E-state index < -0.39 is 6.09 Å². The van der Waals surface area contributed by atoms with Crippen molar-refractivity contribution in [1.82, 2.24) is 4.98 Å². The number of nitrogens with one attached hydrogen (secondary N) is 1. The highest BCUT2D eigenvalue weighted by atomic mass is 32.1. The highest BCUT2D eigenvalue weighted by Gasteiger charge is 2.10. The number of carboxylic acid groups (broad SMARTS) is 1. The highest BCUT2D eigenvalue weighted by molar-refractivity contribution is 7.17. The Bertz CT molecular complexity index is 781. The molecule has 0 aliphatic rings. The predicted molar refractivity (Wildman–Crippen MR) is 81.1 cm³/mol. The number of nitrogens with two attached hydrogens (primary N) is 1. The molecule has 0 aliphatic carbocycles. The minimum absolute atomic E-state index is 0.506. The molecule has 0 saturated heterocycles. The third-order valence-corrected chi connectivity index (χ3v) is 3.91. The number of amides is 1. The summed E-state index contributed by atoms with van der Waals surface area (Å²) in [6.07, 6.45) is 0.616. The summed E-state index contributed by atoms with van der Waals surface area (Å²) in [7, 11) is 0. The molecule has 0 spiro atoms. The average Bonchev–Trinajstić information content (AvgIpc) is 2.84. The van der Waals surface area contributed by atoms with Crippen molar-refractivity contribution in [3.63, 3.8) is 0 Å². The van der Waals surface area contributed by atoms with Crippen molar-refractivity contribution in [2.45, 2.75) is 0 Å². The van der Waals surface area contributed by atoms with Gasteiger partial charge in [0.05, 0.1) is 0 Å². The van der Waals surface area contributed by atoms with Gasteiger partial charge in [-0.1, -0.05) is 12.1 Å². The molecule has 1 amide bonds. The number of benzene rings is 1. The molecular weight excluding hydrogens is 274 g/mol. The van der Waals surface area contributed by atoms with Crippen LogP contribution in [-0.4, -0.2) is 16.2 Å². The topological polar surface area (TPSA) is 88.2 Å². The van der Waals surface area contributed by atoms with Gasteiger partial charge in [-0.25, -0.2) is 9.78 Å². The fourth-order valence-electron chi connectivity index (χ4n) is 2.08. The maximum absolute atomic E-state index is 10.6. The maximum atomic E-state index is 10.6. The molecule has 0 fully saturated rings. The minimum Gasteiger partial charge on any atom is -0.465 e. The second kappa shape index (κ2) is 4.82. The third kappa shape index (κ3) is 2.17. The van der Waals surface area contributed by atoms with Crippen molar-refractivity contribution in [1.29, 1.82) is 0 Å². The number of thiophene rings is 1. The summed E-state index contributed by atoms with van der Waals surface area (Å²) in [6.45, 7) is 0. The first kappa shape index (κ1) is 12.4. The highest BCUT2D eigenvalue weighted by Crippen LogP contribution is 2.36. The number of carbonyl (C=O) groups is 1. The lowest BCUT2D eigenvalue weighted by Crippen LogP contribution is -2.06. The summed E-state index contributed by atoms with van der Waals surface area (Å²) >= 11 is 1.61. The van der Waals surface area contributed by atoms with E-state index in [0.29, 0.717) is 11.5 Å². The molecule has 3 rings (SSSR count). The molecule has 0 atom stereocenters. The van der Waals surface area contributed by atoms with Crippen molar-refractivity contribution >= 4 is 39.0 Å². The van der Waals surface area contributed by atoms with Gasteiger partial charge < -0.3 is 10.8 Å². The molecule has 2 aromatic heterocycles. The molecular formula is C14H11N3O2S. The van der Waals surface area contributed by atoms with Gasteiger partial charge in [0.1, 0.15) is 5.82 Å². The standard InChI is InChI=1S/C14H11N3O2S/c15-13-12-10(7-20-11(12)5-6-16-13)8-1-3-9(4-2-8)17-14(18)19/h1-7,17H,(H2,15,16)(H,18,19). The molecule has 0 aliphatic heterocycles. The Morgan fingerprint density at radius 2 is 2.00 bits per heavy atom. The molecule has 3 aromatic rings. The lowest BCUT2D eigenvalue weighted by Gasteiger charge is -2.04. The number of rotatable bonds is 2. The van der Waals surface area contributed by atoms with E-state index in [1.165, 1.54) is 0 Å². The number of nitrogen functional groups attached to an aromatic ring is 1. The average molecular weight is 285 g/mol. The zero-order valence-electron chi connectivity index (χ0n) is 10.3. The molecule has 0 unspecified atom stereocenters. The van der Waals surface area contributed by atoms with E-state index in [4.69, 9.17) is 10.8 Å². The SMILES string of the molecule is Nc1nccc2scc(-c3ccc(NC(=O)O)cc3)c12. The van der Waals surface area contributed by atoms with Crippen LogP contribution in [-0.2, 0) is 0 Å². The van der Waals surface area contributed by atoms with Crippen LogP contribution < -0.4 is 11.1 Å². The second-order valence-electron chi connectivity index (χ2n) is 4.23. The van der Waals surface area contributed by atoms with Crippen molar-refractivity contribution in [2.24, 2.45) is 0 Å². The monoisotopic (exact) mass is 285 g/mol. The summed E-state index contributed by atoms with van der Waals surface area (Å²) in [6, 6.07) is 9.09. The predicted octanol–water partition coefficient (Wildman–Crippen LogP) is 3.64. The van der Waals surface area contributed by atoms with Crippen LogP contribution in [0.15, 0.2) is 41.9 Å². The summed E-state index contributed by atoms with van der Waals surface area (Å²) in [4.78, 5) is 14.7. The van der Waals surface area contributed by atoms with Gasteiger partial charge in [-0.05, 0) is 29.1 Å². The van der Waals surface area contributed by atoms with Crippen LogP contribution in [0.5, 0.6) is 0 Å². The van der Waals surface area contributed by atoms with E-state index in [2.05, 4.69) is 10.3 Å². The number of aromatic nitrogens is 1. The first-order chi connectivity index (χ1) is 9.65. The second-order valence-corrected chi connectivity index (χ2v) is 5.14. The van der Waals surface area contributed by atoms with Gasteiger partial charge in [-0.3, -0.25) is 5.32 Å². The summed E-state index contributed by atoms with van der Waals surface area (Å²) in [5.41, 5.74) is 8.46. The quantitative estimate of drug-likeness (QED) is 0.670. The van der Waals surface area contributed by atoms with Gasteiger partial charge in [-0.2, -0.15) is 0 Å². The molecule has 2 heterocycles. The van der Waals surface area contributed by atoms with E-state index >= 15 is 0 Å². The molecule has 0 radical (unpaired) electrons. The Hall–Kier alpha value is -2.60. The van der Waals surface area contributed by atoms with Crippen LogP contribution in [0.4, 0.5) is 16.3 Å². The van der Waals surface area contributed by atoms with E-state index in [1.54, 1.807) is 29.7 Å². The molecule has 4 N–H and O–H groups in total. The first-order valence-corrected chi connectivity index (χ1v) is 6.75. The normalized spacial score (nSPS) is 10.6. The molecule has 5 nitrogen and oxygen atoms in total. The zero-order valence-corrected chi connectivity index (χ0v) is 11.1. The first-order valence-electron chi connectivity index (χ1n) is 5.87. The van der Waals surface area contributed by atoms with Gasteiger partial charge in [0.25, 0.3) is 0 Å². The molecule has 6 heteroatoms. The lowest BCUT2D eigenvalue weighted by molar-refractivity contribution is 0.210. The molecule has 100 valence electrons. The summed E-state index contributed by atoms with van der Waals surface area (Å²) in [5, 5.41) is 13.9. The summed E-state index contributed by atoms with van der Waals surface area (Å²) < 4.78 is 1.08. The van der Waals surface area contributed by atoms with E-state index in [9.17, 15) is 4.79 Å². The number of anilines is 2. The van der Waals surface area contributed by atoms with Gasteiger partial charge in [0, 0.05) is 27.5 Å². The van der Waals surface area contributed by atoms with E-state index in [1.807, 2.05) is 23.6 Å². The number of hydrogen-bond acceptors (Lipinski definition) is 4. The number of hydrogen-bond donors (Lipinski definition) is 3. The van der Waals surface area contributed by atoms with Crippen molar-refractivity contribution < 1.29 is 9.90 Å². The third-order valence-electron chi connectivity index (χ3n) is 2.96. The van der Waals surface area contributed by atoms with E-state index in [0.717, 1.165) is 21.2 Å². The molecule has 0 bridgehead atoms. The Balaban J connectivity index is 2.05. The molecule has 1 aromatic carbocycles. The van der Waals surface area contributed by atoms with E-state index in [-0.39, 0.29) is 0 Å². The van der Waals surface area contributed by atoms with Crippen LogP contribution in [0.2, 0.25) is 0 Å². The smallest absolute Gasteiger partial charge is 0.409 e. The largest absolute Gasteiger partial charge is 0.465 e. The Labute approximate surface area is 118 Å². The van der Waals surface area contributed by atoms with Crippen LogP contribution in [0.3, 0.4) is 0 Å². The summed E-state index contributed by atoms with van der Waals surface area (Å²) in [5.74, 6) is 0.506. The van der Waals surface area contributed by atoms with Crippen molar-refractivity contribution in [2.75, 3.05) is 11.1 Å². The van der Waals surface area contributed by atoms with Crippen LogP contribution in [0, 0.1) is 0 Å². The van der Waals surface area contributed by atoms with Crippen molar-refractivity contribution in [3.8, 4) is 11.1 Å². The van der Waals surface area contributed by atoms with Gasteiger partial charge >= 0.3 is 6.09 Å². The number of pyridine rings is 1. The molecule has 0 saturated carbocycles. The number of fused-ring (bicyclic) bond motifs is 1. The maximum Gasteiger partial charge on any atom is 0.409 e. The van der Waals surface area contributed by atoms with Crippen LogP contribution in [0.1, 0.15) is 0 Å². The Kier molecular flexibility index (Phi) is 3.00.